The van der Waals surface area contributed by atoms with Gasteiger partial charge < -0.3 is 4.90 Å². The fraction of sp³-hybridized carbons (Fsp3) is 0.200. The van der Waals surface area contributed by atoms with E-state index in [0.717, 1.165) is 11.3 Å². The number of hydrogen-bond donors (Lipinski definition) is 0. The minimum atomic E-state index is 0.106. The lowest BCUT2D eigenvalue weighted by Crippen LogP contribution is -2.22. The molecule has 1 unspecified atom stereocenters. The molecule has 0 saturated heterocycles. The summed E-state index contributed by atoms with van der Waals surface area (Å²) in [7, 11) is 1.95. The number of aromatic nitrogens is 1. The molecule has 0 saturated carbocycles. The predicted molar refractivity (Wildman–Crippen MR) is 77.2 cm³/mol. The average molecular weight is 272 g/mol. The maximum Gasteiger partial charge on any atom is 0.101 e. The van der Waals surface area contributed by atoms with Gasteiger partial charge in [-0.15, -0.1) is 0 Å². The fourth-order valence-electron chi connectivity index (χ4n) is 1.96. The van der Waals surface area contributed by atoms with Gasteiger partial charge in [0.05, 0.1) is 23.5 Å². The number of nitrogens with zero attached hydrogens (tertiary/aromatic N) is 3. The highest BCUT2D eigenvalue weighted by Crippen LogP contribution is 2.28. The molecular formula is C15H14ClN3. The number of rotatable bonds is 3. The Balaban J connectivity index is 2.34. The lowest BCUT2D eigenvalue weighted by molar-refractivity contribution is 0.737. The van der Waals surface area contributed by atoms with E-state index in [0.29, 0.717) is 10.6 Å². The molecule has 19 heavy (non-hydrogen) atoms. The van der Waals surface area contributed by atoms with Crippen molar-refractivity contribution in [1.82, 2.24) is 4.98 Å². The predicted octanol–water partition coefficient (Wildman–Crippen LogP) is 3.80. The summed E-state index contributed by atoms with van der Waals surface area (Å²) < 4.78 is 0. The first-order valence-electron chi connectivity index (χ1n) is 5.96. The topological polar surface area (TPSA) is 39.9 Å². The van der Waals surface area contributed by atoms with Crippen LogP contribution >= 0.6 is 11.6 Å². The molecule has 96 valence electrons. The Bertz CT molecular complexity index is 619. The van der Waals surface area contributed by atoms with E-state index < -0.39 is 0 Å². The summed E-state index contributed by atoms with van der Waals surface area (Å²) in [5, 5.41) is 9.85. The largest absolute Gasteiger partial charge is 0.366 e. The molecule has 0 amide bonds. The van der Waals surface area contributed by atoms with Crippen molar-refractivity contribution in [2.24, 2.45) is 0 Å². The highest BCUT2D eigenvalue weighted by atomic mass is 35.5. The number of nitriles is 1. The first-order valence-corrected chi connectivity index (χ1v) is 6.33. The van der Waals surface area contributed by atoms with Crippen molar-refractivity contribution in [2.75, 3.05) is 11.9 Å². The summed E-state index contributed by atoms with van der Waals surface area (Å²) in [5.74, 6) is 0. The van der Waals surface area contributed by atoms with E-state index in [1.54, 1.807) is 18.5 Å². The molecule has 0 aliphatic heterocycles. The van der Waals surface area contributed by atoms with Crippen LogP contribution in [-0.4, -0.2) is 12.0 Å². The second-order valence-corrected chi connectivity index (χ2v) is 4.78. The number of anilines is 1. The van der Waals surface area contributed by atoms with Gasteiger partial charge in [-0.1, -0.05) is 23.7 Å². The SMILES string of the molecule is CC(c1cccc(Cl)c1)N(C)c1cnccc1C#N. The van der Waals surface area contributed by atoms with E-state index in [4.69, 9.17) is 16.9 Å². The monoisotopic (exact) mass is 271 g/mol. The summed E-state index contributed by atoms with van der Waals surface area (Å²) in [6.07, 6.45) is 3.33. The number of halogens is 1. The Kier molecular flexibility index (Phi) is 4.03. The molecule has 1 atom stereocenters. The van der Waals surface area contributed by atoms with Crippen molar-refractivity contribution in [2.45, 2.75) is 13.0 Å². The fourth-order valence-corrected chi connectivity index (χ4v) is 2.16. The summed E-state index contributed by atoms with van der Waals surface area (Å²) in [6, 6.07) is 11.7. The molecule has 0 radical (unpaired) electrons. The van der Waals surface area contributed by atoms with Gasteiger partial charge in [0.1, 0.15) is 6.07 Å². The van der Waals surface area contributed by atoms with Gasteiger partial charge >= 0.3 is 0 Å². The van der Waals surface area contributed by atoms with Crippen molar-refractivity contribution in [3.05, 3.63) is 58.9 Å². The lowest BCUT2D eigenvalue weighted by Gasteiger charge is -2.27. The second kappa shape index (κ2) is 5.73. The smallest absolute Gasteiger partial charge is 0.101 e. The zero-order valence-corrected chi connectivity index (χ0v) is 11.6. The third kappa shape index (κ3) is 2.86. The Morgan fingerprint density at radius 1 is 1.37 bits per heavy atom. The Morgan fingerprint density at radius 2 is 2.16 bits per heavy atom. The molecule has 2 rings (SSSR count). The molecule has 0 spiro atoms. The van der Waals surface area contributed by atoms with E-state index in [9.17, 15) is 0 Å². The summed E-state index contributed by atoms with van der Waals surface area (Å²) >= 11 is 6.01. The van der Waals surface area contributed by atoms with Gasteiger partial charge in [-0.2, -0.15) is 5.26 Å². The van der Waals surface area contributed by atoms with Crippen molar-refractivity contribution in [3.8, 4) is 6.07 Å². The van der Waals surface area contributed by atoms with Gasteiger partial charge in [0.2, 0.25) is 0 Å². The van der Waals surface area contributed by atoms with Crippen molar-refractivity contribution >= 4 is 17.3 Å². The standard InChI is InChI=1S/C15H14ClN3/c1-11(12-4-3-5-14(16)8-12)19(2)15-10-18-7-6-13(15)9-17/h3-8,10-11H,1-2H3. The molecule has 0 fully saturated rings. The highest BCUT2D eigenvalue weighted by molar-refractivity contribution is 6.30. The van der Waals surface area contributed by atoms with Crippen LogP contribution in [0.3, 0.4) is 0 Å². The quantitative estimate of drug-likeness (QED) is 0.852. The maximum absolute atomic E-state index is 9.14. The lowest BCUT2D eigenvalue weighted by atomic mass is 10.1. The first-order chi connectivity index (χ1) is 9.13. The Hall–Kier alpha value is -2.05. The molecule has 0 bridgehead atoms. The van der Waals surface area contributed by atoms with Gasteiger partial charge in [-0.05, 0) is 30.7 Å². The number of benzene rings is 1. The molecular weight excluding hydrogens is 258 g/mol. The van der Waals surface area contributed by atoms with Crippen LogP contribution in [0.15, 0.2) is 42.7 Å². The van der Waals surface area contributed by atoms with Crippen LogP contribution in [0.25, 0.3) is 0 Å². The van der Waals surface area contributed by atoms with Crippen LogP contribution < -0.4 is 4.90 Å². The van der Waals surface area contributed by atoms with E-state index in [2.05, 4.69) is 18.0 Å². The Labute approximate surface area is 118 Å². The minimum absolute atomic E-state index is 0.106. The van der Waals surface area contributed by atoms with E-state index in [-0.39, 0.29) is 6.04 Å². The van der Waals surface area contributed by atoms with Crippen LogP contribution in [0.4, 0.5) is 5.69 Å². The third-order valence-corrected chi connectivity index (χ3v) is 3.45. The van der Waals surface area contributed by atoms with E-state index in [1.807, 2.05) is 36.2 Å². The summed E-state index contributed by atoms with van der Waals surface area (Å²) in [4.78, 5) is 6.11. The van der Waals surface area contributed by atoms with Crippen LogP contribution in [0.1, 0.15) is 24.1 Å². The third-order valence-electron chi connectivity index (χ3n) is 3.21. The van der Waals surface area contributed by atoms with Crippen LogP contribution in [0.2, 0.25) is 5.02 Å². The van der Waals surface area contributed by atoms with Gasteiger partial charge in [-0.3, -0.25) is 4.98 Å². The van der Waals surface area contributed by atoms with Crippen LogP contribution in [0.5, 0.6) is 0 Å². The van der Waals surface area contributed by atoms with Crippen molar-refractivity contribution in [3.63, 3.8) is 0 Å². The van der Waals surface area contributed by atoms with Gasteiger partial charge in [0, 0.05) is 18.3 Å². The number of pyridine rings is 1. The average Bonchev–Trinajstić information content (AvgIpc) is 2.45. The van der Waals surface area contributed by atoms with E-state index >= 15 is 0 Å². The first kappa shape index (κ1) is 13.4. The molecule has 2 aromatic rings. The minimum Gasteiger partial charge on any atom is -0.366 e. The molecule has 3 nitrogen and oxygen atoms in total. The second-order valence-electron chi connectivity index (χ2n) is 4.35. The van der Waals surface area contributed by atoms with Crippen LogP contribution in [0, 0.1) is 11.3 Å². The normalized spacial score (nSPS) is 11.7. The van der Waals surface area contributed by atoms with Gasteiger partial charge in [-0.25, -0.2) is 0 Å². The summed E-state index contributed by atoms with van der Waals surface area (Å²) in [5.41, 5.74) is 2.53. The van der Waals surface area contributed by atoms with E-state index in [1.165, 1.54) is 0 Å². The van der Waals surface area contributed by atoms with Crippen LogP contribution in [-0.2, 0) is 0 Å². The molecule has 1 aromatic heterocycles. The zero-order valence-electron chi connectivity index (χ0n) is 10.8. The van der Waals surface area contributed by atoms with Gasteiger partial charge in [0.15, 0.2) is 0 Å². The summed E-state index contributed by atoms with van der Waals surface area (Å²) in [6.45, 7) is 2.07. The molecule has 1 heterocycles. The molecule has 1 aromatic carbocycles. The molecule has 4 heteroatoms. The highest BCUT2D eigenvalue weighted by Gasteiger charge is 2.15. The zero-order chi connectivity index (χ0) is 13.8. The molecule has 0 aliphatic carbocycles. The van der Waals surface area contributed by atoms with Crippen molar-refractivity contribution in [1.29, 1.82) is 5.26 Å². The Morgan fingerprint density at radius 3 is 2.84 bits per heavy atom. The van der Waals surface area contributed by atoms with Crippen molar-refractivity contribution < 1.29 is 0 Å². The van der Waals surface area contributed by atoms with Gasteiger partial charge in [0.25, 0.3) is 0 Å². The molecule has 0 aliphatic rings. The maximum atomic E-state index is 9.14. The number of hydrogen-bond acceptors (Lipinski definition) is 3. The molecule has 0 N–H and O–H groups in total.